The van der Waals surface area contributed by atoms with Gasteiger partial charge in [0.15, 0.2) is 11.5 Å². The minimum Gasteiger partial charge on any atom is -0.493 e. The van der Waals surface area contributed by atoms with E-state index in [1.54, 1.807) is 20.3 Å². The summed E-state index contributed by atoms with van der Waals surface area (Å²) in [7, 11) is 3.30. The van der Waals surface area contributed by atoms with Crippen LogP contribution >= 0.6 is 11.6 Å². The zero-order valence-corrected chi connectivity index (χ0v) is 14.3. The molecule has 0 radical (unpaired) electrons. The Morgan fingerprint density at radius 3 is 2.43 bits per heavy atom. The van der Waals surface area contributed by atoms with E-state index in [1.165, 1.54) is 0 Å². The van der Waals surface area contributed by atoms with Crippen molar-refractivity contribution in [2.45, 2.75) is 39.3 Å². The number of hydrogen-bond donors (Lipinski definition) is 1. The molecule has 0 aliphatic heterocycles. The van der Waals surface area contributed by atoms with E-state index < -0.39 is 0 Å². The van der Waals surface area contributed by atoms with Gasteiger partial charge in [-0.15, -0.1) is 0 Å². The molecule has 4 nitrogen and oxygen atoms in total. The van der Waals surface area contributed by atoms with E-state index in [0.717, 1.165) is 17.7 Å². The molecule has 1 aromatic rings. The number of nitrogens with one attached hydrogen (secondary N) is 1. The average Bonchev–Trinajstić information content (AvgIpc) is 2.41. The van der Waals surface area contributed by atoms with Crippen LogP contribution < -0.4 is 14.8 Å². The number of benzene rings is 1. The van der Waals surface area contributed by atoms with E-state index in [4.69, 9.17) is 25.8 Å². The van der Waals surface area contributed by atoms with Crippen molar-refractivity contribution in [2.24, 2.45) is 0 Å². The molecule has 0 heterocycles. The predicted octanol–water partition coefficient (Wildman–Crippen LogP) is 3.65. The standard InChI is InChI=1S/C16H26ClNO3/c1-16(2,3)18-11-12-9-13(17)10-14(20-5)15(12)21-8-6-7-19-4/h9-10,18H,6-8,11H2,1-5H3. The van der Waals surface area contributed by atoms with Crippen molar-refractivity contribution in [1.29, 1.82) is 0 Å². The molecule has 0 fully saturated rings. The third-order valence-corrected chi connectivity index (χ3v) is 3.08. The first-order valence-electron chi connectivity index (χ1n) is 7.10. The summed E-state index contributed by atoms with van der Waals surface area (Å²) in [5.41, 5.74) is 1.01. The number of rotatable bonds is 8. The van der Waals surface area contributed by atoms with Crippen molar-refractivity contribution in [2.75, 3.05) is 27.4 Å². The second kappa shape index (κ2) is 8.47. The molecule has 0 atom stereocenters. The summed E-state index contributed by atoms with van der Waals surface area (Å²) in [6.45, 7) is 8.27. The van der Waals surface area contributed by atoms with Gasteiger partial charge in [0, 0.05) is 48.9 Å². The minimum absolute atomic E-state index is 0.0167. The fraction of sp³-hybridized carbons (Fsp3) is 0.625. The molecule has 120 valence electrons. The fourth-order valence-corrected chi connectivity index (χ4v) is 2.04. The molecule has 21 heavy (non-hydrogen) atoms. The van der Waals surface area contributed by atoms with Crippen molar-refractivity contribution in [3.63, 3.8) is 0 Å². The second-order valence-corrected chi connectivity index (χ2v) is 6.33. The first-order chi connectivity index (χ1) is 9.87. The Balaban J connectivity index is 2.88. The van der Waals surface area contributed by atoms with Crippen LogP contribution in [0.15, 0.2) is 12.1 Å². The van der Waals surface area contributed by atoms with E-state index in [2.05, 4.69) is 26.1 Å². The highest BCUT2D eigenvalue weighted by molar-refractivity contribution is 6.30. The molecule has 0 bridgehead atoms. The smallest absolute Gasteiger partial charge is 0.165 e. The molecule has 0 aliphatic rings. The van der Waals surface area contributed by atoms with Crippen molar-refractivity contribution in [1.82, 2.24) is 5.32 Å². The minimum atomic E-state index is 0.0167. The SMILES string of the molecule is COCCCOc1c(CNC(C)(C)C)cc(Cl)cc1OC. The Bertz CT molecular complexity index is 444. The van der Waals surface area contributed by atoms with Crippen LogP contribution in [-0.4, -0.2) is 33.0 Å². The summed E-state index contributed by atoms with van der Waals surface area (Å²) in [6, 6.07) is 3.68. The number of hydrogen-bond acceptors (Lipinski definition) is 4. The summed E-state index contributed by atoms with van der Waals surface area (Å²) in [5.74, 6) is 1.40. The molecule has 0 saturated heterocycles. The Morgan fingerprint density at radius 1 is 1.14 bits per heavy atom. The Kier molecular flexibility index (Phi) is 7.29. The van der Waals surface area contributed by atoms with Crippen LogP contribution in [0.3, 0.4) is 0 Å². The normalized spacial score (nSPS) is 11.5. The molecule has 0 amide bonds. The number of methoxy groups -OCH3 is 2. The topological polar surface area (TPSA) is 39.7 Å². The molecule has 0 aromatic heterocycles. The second-order valence-electron chi connectivity index (χ2n) is 5.89. The highest BCUT2D eigenvalue weighted by Gasteiger charge is 2.15. The lowest BCUT2D eigenvalue weighted by molar-refractivity contribution is 0.170. The number of halogens is 1. The molecule has 1 rings (SSSR count). The van der Waals surface area contributed by atoms with Gasteiger partial charge in [-0.05, 0) is 26.8 Å². The van der Waals surface area contributed by atoms with Crippen LogP contribution in [0.5, 0.6) is 11.5 Å². The zero-order valence-electron chi connectivity index (χ0n) is 13.6. The lowest BCUT2D eigenvalue weighted by atomic mass is 10.1. The number of ether oxygens (including phenoxy) is 3. The van der Waals surface area contributed by atoms with Crippen molar-refractivity contribution < 1.29 is 14.2 Å². The first-order valence-corrected chi connectivity index (χ1v) is 7.48. The zero-order chi connectivity index (χ0) is 15.9. The van der Waals surface area contributed by atoms with E-state index in [1.807, 2.05) is 6.07 Å². The largest absolute Gasteiger partial charge is 0.493 e. The van der Waals surface area contributed by atoms with Crippen LogP contribution in [0.25, 0.3) is 0 Å². The Labute approximate surface area is 132 Å². The van der Waals surface area contributed by atoms with Gasteiger partial charge in [0.05, 0.1) is 13.7 Å². The van der Waals surface area contributed by atoms with Gasteiger partial charge in [0.25, 0.3) is 0 Å². The Morgan fingerprint density at radius 2 is 1.86 bits per heavy atom. The first kappa shape index (κ1) is 18.1. The van der Waals surface area contributed by atoms with Crippen molar-refractivity contribution in [3.8, 4) is 11.5 Å². The van der Waals surface area contributed by atoms with Crippen LogP contribution in [0.4, 0.5) is 0 Å². The quantitative estimate of drug-likeness (QED) is 0.743. The lowest BCUT2D eigenvalue weighted by Crippen LogP contribution is -2.35. The third kappa shape index (κ3) is 6.55. The molecular weight excluding hydrogens is 290 g/mol. The van der Waals surface area contributed by atoms with Gasteiger partial charge in [0.2, 0.25) is 0 Å². The molecular formula is C16H26ClNO3. The molecule has 5 heteroatoms. The molecule has 0 aliphatic carbocycles. The highest BCUT2D eigenvalue weighted by atomic mass is 35.5. The molecule has 1 N–H and O–H groups in total. The predicted molar refractivity (Wildman–Crippen MR) is 86.6 cm³/mol. The Hall–Kier alpha value is -0.970. The van der Waals surface area contributed by atoms with Crippen LogP contribution in [-0.2, 0) is 11.3 Å². The summed E-state index contributed by atoms with van der Waals surface area (Å²) in [5, 5.41) is 4.08. The third-order valence-electron chi connectivity index (χ3n) is 2.86. The van der Waals surface area contributed by atoms with Crippen LogP contribution in [0.1, 0.15) is 32.8 Å². The summed E-state index contributed by atoms with van der Waals surface area (Å²) in [6.07, 6.45) is 0.828. The molecule has 0 spiro atoms. The van der Waals surface area contributed by atoms with Gasteiger partial charge >= 0.3 is 0 Å². The van der Waals surface area contributed by atoms with Crippen LogP contribution in [0.2, 0.25) is 5.02 Å². The van der Waals surface area contributed by atoms with E-state index in [0.29, 0.717) is 30.5 Å². The van der Waals surface area contributed by atoms with Gasteiger partial charge in [0.1, 0.15) is 0 Å². The van der Waals surface area contributed by atoms with Crippen molar-refractivity contribution >= 4 is 11.6 Å². The molecule has 0 unspecified atom stereocenters. The average molecular weight is 316 g/mol. The van der Waals surface area contributed by atoms with Gasteiger partial charge in [-0.1, -0.05) is 11.6 Å². The molecule has 0 saturated carbocycles. The van der Waals surface area contributed by atoms with E-state index in [9.17, 15) is 0 Å². The highest BCUT2D eigenvalue weighted by Crippen LogP contribution is 2.35. The van der Waals surface area contributed by atoms with Gasteiger partial charge in [-0.2, -0.15) is 0 Å². The van der Waals surface area contributed by atoms with Gasteiger partial charge in [-0.25, -0.2) is 0 Å². The molecule has 1 aromatic carbocycles. The monoisotopic (exact) mass is 315 g/mol. The maximum Gasteiger partial charge on any atom is 0.165 e. The van der Waals surface area contributed by atoms with Crippen molar-refractivity contribution in [3.05, 3.63) is 22.7 Å². The summed E-state index contributed by atoms with van der Waals surface area (Å²) < 4.78 is 16.3. The maximum atomic E-state index is 6.15. The van der Waals surface area contributed by atoms with Crippen LogP contribution in [0, 0.1) is 0 Å². The van der Waals surface area contributed by atoms with E-state index >= 15 is 0 Å². The van der Waals surface area contributed by atoms with Gasteiger partial charge < -0.3 is 19.5 Å². The van der Waals surface area contributed by atoms with Gasteiger partial charge in [-0.3, -0.25) is 0 Å². The lowest BCUT2D eigenvalue weighted by Gasteiger charge is -2.22. The maximum absolute atomic E-state index is 6.15. The summed E-state index contributed by atoms with van der Waals surface area (Å²) in [4.78, 5) is 0. The van der Waals surface area contributed by atoms with E-state index in [-0.39, 0.29) is 5.54 Å². The summed E-state index contributed by atoms with van der Waals surface area (Å²) >= 11 is 6.15. The fourth-order valence-electron chi connectivity index (χ4n) is 1.81.